The number of hydrogen-bond donors (Lipinski definition) is 1. The van der Waals surface area contributed by atoms with Crippen LogP contribution in [0.4, 0.5) is 5.69 Å². The molecule has 1 aromatic carbocycles. The van der Waals surface area contributed by atoms with Crippen LogP contribution in [0.5, 0.6) is 0 Å². The molecular formula is C16H18N2O. The van der Waals surface area contributed by atoms with E-state index in [4.69, 9.17) is 0 Å². The van der Waals surface area contributed by atoms with Crippen LogP contribution in [0, 0.1) is 13.8 Å². The molecule has 0 atom stereocenters. The Balaban J connectivity index is 1.89. The molecule has 0 unspecified atom stereocenters. The third-order valence-electron chi connectivity index (χ3n) is 3.13. The van der Waals surface area contributed by atoms with Crippen LogP contribution in [0.15, 0.2) is 42.6 Å². The van der Waals surface area contributed by atoms with E-state index in [0.29, 0.717) is 12.8 Å². The molecule has 2 aromatic rings. The predicted octanol–water partition coefficient (Wildman–Crippen LogP) is 3.27. The highest BCUT2D eigenvalue weighted by Crippen LogP contribution is 2.14. The number of carbonyl (C=O) groups excluding carboxylic acids is 1. The van der Waals surface area contributed by atoms with Gasteiger partial charge in [-0.1, -0.05) is 12.1 Å². The van der Waals surface area contributed by atoms with Crippen LogP contribution >= 0.6 is 0 Å². The molecule has 0 spiro atoms. The molecule has 1 heterocycles. The van der Waals surface area contributed by atoms with Gasteiger partial charge in [0, 0.05) is 24.0 Å². The Hall–Kier alpha value is -2.16. The van der Waals surface area contributed by atoms with Crippen LogP contribution in [0.1, 0.15) is 23.2 Å². The molecule has 0 aliphatic heterocycles. The van der Waals surface area contributed by atoms with Gasteiger partial charge in [-0.15, -0.1) is 0 Å². The van der Waals surface area contributed by atoms with Crippen molar-refractivity contribution < 1.29 is 4.79 Å². The van der Waals surface area contributed by atoms with Gasteiger partial charge < -0.3 is 5.32 Å². The molecule has 0 bridgehead atoms. The maximum absolute atomic E-state index is 11.8. The third kappa shape index (κ3) is 3.91. The smallest absolute Gasteiger partial charge is 0.224 e. The van der Waals surface area contributed by atoms with Crippen molar-refractivity contribution in [1.29, 1.82) is 0 Å². The lowest BCUT2D eigenvalue weighted by atomic mass is 10.1. The first kappa shape index (κ1) is 13.3. The minimum atomic E-state index is 0.0221. The zero-order valence-electron chi connectivity index (χ0n) is 11.3. The molecule has 0 aliphatic rings. The van der Waals surface area contributed by atoms with Crippen LogP contribution in [0.3, 0.4) is 0 Å². The number of amides is 1. The van der Waals surface area contributed by atoms with Crippen molar-refractivity contribution in [1.82, 2.24) is 4.98 Å². The second-order valence-electron chi connectivity index (χ2n) is 4.67. The fourth-order valence-corrected chi connectivity index (χ4v) is 1.83. The molecule has 2 rings (SSSR count). The summed E-state index contributed by atoms with van der Waals surface area (Å²) >= 11 is 0. The summed E-state index contributed by atoms with van der Waals surface area (Å²) in [5, 5.41) is 2.91. The average molecular weight is 254 g/mol. The summed E-state index contributed by atoms with van der Waals surface area (Å²) in [5.41, 5.74) is 4.21. The van der Waals surface area contributed by atoms with Gasteiger partial charge in [0.2, 0.25) is 5.91 Å². The van der Waals surface area contributed by atoms with Gasteiger partial charge in [-0.2, -0.15) is 0 Å². The molecular weight excluding hydrogens is 236 g/mol. The molecule has 1 aromatic heterocycles. The van der Waals surface area contributed by atoms with Crippen molar-refractivity contribution in [2.75, 3.05) is 5.32 Å². The SMILES string of the molecule is Cc1ccc(NC(=O)CCc2ccccn2)cc1C. The number of anilines is 1. The van der Waals surface area contributed by atoms with Crippen molar-refractivity contribution in [3.05, 3.63) is 59.4 Å². The lowest BCUT2D eigenvalue weighted by Crippen LogP contribution is -2.12. The molecule has 3 nitrogen and oxygen atoms in total. The highest BCUT2D eigenvalue weighted by atomic mass is 16.1. The van der Waals surface area contributed by atoms with E-state index in [2.05, 4.69) is 17.2 Å². The topological polar surface area (TPSA) is 42.0 Å². The number of carbonyl (C=O) groups is 1. The highest BCUT2D eigenvalue weighted by molar-refractivity contribution is 5.90. The molecule has 19 heavy (non-hydrogen) atoms. The predicted molar refractivity (Wildman–Crippen MR) is 77.1 cm³/mol. The molecule has 1 N–H and O–H groups in total. The monoisotopic (exact) mass is 254 g/mol. The van der Waals surface area contributed by atoms with Gasteiger partial charge in [0.15, 0.2) is 0 Å². The van der Waals surface area contributed by atoms with E-state index in [9.17, 15) is 4.79 Å². The molecule has 0 aliphatic carbocycles. The lowest BCUT2D eigenvalue weighted by Gasteiger charge is -2.07. The van der Waals surface area contributed by atoms with Gasteiger partial charge in [0.05, 0.1) is 0 Å². The van der Waals surface area contributed by atoms with Gasteiger partial charge in [0.1, 0.15) is 0 Å². The molecule has 0 radical (unpaired) electrons. The van der Waals surface area contributed by atoms with Gasteiger partial charge in [-0.05, 0) is 55.7 Å². The molecule has 1 amide bonds. The number of aryl methyl sites for hydroxylation is 3. The molecule has 0 saturated carbocycles. The summed E-state index contributed by atoms with van der Waals surface area (Å²) in [4.78, 5) is 16.0. The van der Waals surface area contributed by atoms with Crippen LogP contribution in [0.2, 0.25) is 0 Å². The minimum absolute atomic E-state index is 0.0221. The number of rotatable bonds is 4. The molecule has 0 fully saturated rings. The van der Waals surface area contributed by atoms with E-state index < -0.39 is 0 Å². The Bertz CT molecular complexity index is 564. The van der Waals surface area contributed by atoms with Crippen molar-refractivity contribution >= 4 is 11.6 Å². The average Bonchev–Trinajstić information content (AvgIpc) is 2.42. The zero-order valence-corrected chi connectivity index (χ0v) is 11.3. The number of benzene rings is 1. The van der Waals surface area contributed by atoms with Crippen molar-refractivity contribution in [3.63, 3.8) is 0 Å². The van der Waals surface area contributed by atoms with E-state index in [1.807, 2.05) is 43.3 Å². The van der Waals surface area contributed by atoms with Gasteiger partial charge in [0.25, 0.3) is 0 Å². The van der Waals surface area contributed by atoms with Crippen LogP contribution < -0.4 is 5.32 Å². The summed E-state index contributed by atoms with van der Waals surface area (Å²) in [5.74, 6) is 0.0221. The summed E-state index contributed by atoms with van der Waals surface area (Å²) < 4.78 is 0. The van der Waals surface area contributed by atoms with E-state index in [-0.39, 0.29) is 5.91 Å². The quantitative estimate of drug-likeness (QED) is 0.909. The first-order valence-corrected chi connectivity index (χ1v) is 6.42. The Kier molecular flexibility index (Phi) is 4.29. The van der Waals surface area contributed by atoms with Gasteiger partial charge >= 0.3 is 0 Å². The summed E-state index contributed by atoms with van der Waals surface area (Å²) in [6, 6.07) is 11.7. The van der Waals surface area contributed by atoms with Crippen LogP contribution in [-0.4, -0.2) is 10.9 Å². The molecule has 0 saturated heterocycles. The molecule has 3 heteroatoms. The third-order valence-corrected chi connectivity index (χ3v) is 3.13. The standard InChI is InChI=1S/C16H18N2O/c1-12-6-7-15(11-13(12)2)18-16(19)9-8-14-5-3-4-10-17-14/h3-7,10-11H,8-9H2,1-2H3,(H,18,19). The highest BCUT2D eigenvalue weighted by Gasteiger charge is 2.04. The minimum Gasteiger partial charge on any atom is -0.326 e. The zero-order chi connectivity index (χ0) is 13.7. The fourth-order valence-electron chi connectivity index (χ4n) is 1.83. The first-order valence-electron chi connectivity index (χ1n) is 6.42. The Morgan fingerprint density at radius 3 is 2.68 bits per heavy atom. The van der Waals surface area contributed by atoms with E-state index >= 15 is 0 Å². The Morgan fingerprint density at radius 1 is 1.16 bits per heavy atom. The number of pyridine rings is 1. The number of nitrogens with zero attached hydrogens (tertiary/aromatic N) is 1. The maximum Gasteiger partial charge on any atom is 0.224 e. The van der Waals surface area contributed by atoms with Crippen molar-refractivity contribution in [3.8, 4) is 0 Å². The van der Waals surface area contributed by atoms with E-state index in [0.717, 1.165) is 11.4 Å². The largest absolute Gasteiger partial charge is 0.326 e. The van der Waals surface area contributed by atoms with E-state index in [1.165, 1.54) is 11.1 Å². The first-order chi connectivity index (χ1) is 9.15. The Morgan fingerprint density at radius 2 is 2.00 bits per heavy atom. The summed E-state index contributed by atoms with van der Waals surface area (Å²) in [7, 11) is 0. The number of nitrogens with one attached hydrogen (secondary N) is 1. The summed E-state index contributed by atoms with van der Waals surface area (Å²) in [6.45, 7) is 4.10. The maximum atomic E-state index is 11.8. The number of aromatic nitrogens is 1. The van der Waals surface area contributed by atoms with E-state index in [1.54, 1.807) is 6.20 Å². The summed E-state index contributed by atoms with van der Waals surface area (Å²) in [6.07, 6.45) is 2.86. The van der Waals surface area contributed by atoms with Crippen molar-refractivity contribution in [2.45, 2.75) is 26.7 Å². The lowest BCUT2D eigenvalue weighted by molar-refractivity contribution is -0.116. The number of hydrogen-bond acceptors (Lipinski definition) is 2. The second-order valence-corrected chi connectivity index (χ2v) is 4.67. The van der Waals surface area contributed by atoms with Gasteiger partial charge in [-0.3, -0.25) is 9.78 Å². The second kappa shape index (κ2) is 6.14. The van der Waals surface area contributed by atoms with Crippen molar-refractivity contribution in [2.24, 2.45) is 0 Å². The van der Waals surface area contributed by atoms with Crippen LogP contribution in [-0.2, 0) is 11.2 Å². The Labute approximate surface area is 113 Å². The normalized spacial score (nSPS) is 10.2. The fraction of sp³-hybridized carbons (Fsp3) is 0.250. The van der Waals surface area contributed by atoms with Gasteiger partial charge in [-0.25, -0.2) is 0 Å². The molecule has 98 valence electrons. The van der Waals surface area contributed by atoms with Crippen LogP contribution in [0.25, 0.3) is 0 Å².